The average molecular weight is 329 g/mol. The van der Waals surface area contributed by atoms with Crippen LogP contribution in [-0.4, -0.2) is 24.4 Å². The van der Waals surface area contributed by atoms with Crippen LogP contribution in [0.25, 0.3) is 0 Å². The summed E-state index contributed by atoms with van der Waals surface area (Å²) in [7, 11) is 0. The predicted molar refractivity (Wildman–Crippen MR) is 102 cm³/mol. The van der Waals surface area contributed by atoms with Crippen LogP contribution in [-0.2, 0) is 4.74 Å². The number of hydrogen-bond acceptors (Lipinski definition) is 2. The number of unbranched alkanes of at least 4 members (excludes halogenated alkanes) is 14. The summed E-state index contributed by atoms with van der Waals surface area (Å²) < 4.78 is 5.46. The molecule has 0 heterocycles. The molecule has 0 rings (SSSR count). The summed E-state index contributed by atoms with van der Waals surface area (Å²) in [6, 6.07) is 0. The van der Waals surface area contributed by atoms with E-state index in [2.05, 4.69) is 13.8 Å². The molecule has 2 nitrogen and oxygen atoms in total. The van der Waals surface area contributed by atoms with Gasteiger partial charge >= 0.3 is 0 Å². The molecule has 0 radical (unpaired) electrons. The number of aliphatic hydroxyl groups is 1. The minimum atomic E-state index is 0.142. The van der Waals surface area contributed by atoms with Gasteiger partial charge in [0.05, 0.1) is 19.3 Å². The van der Waals surface area contributed by atoms with E-state index in [1.165, 1.54) is 96.3 Å². The number of aliphatic hydroxyl groups excluding tert-OH is 1. The highest BCUT2D eigenvalue weighted by molar-refractivity contribution is 4.53. The van der Waals surface area contributed by atoms with E-state index in [9.17, 15) is 0 Å². The molecule has 0 aromatic carbocycles. The van der Waals surface area contributed by atoms with Gasteiger partial charge in [0.1, 0.15) is 0 Å². The first kappa shape index (κ1) is 22.9. The van der Waals surface area contributed by atoms with Crippen LogP contribution in [0.3, 0.4) is 0 Å². The second-order valence-corrected chi connectivity index (χ2v) is 7.14. The Morgan fingerprint density at radius 1 is 0.652 bits per heavy atom. The van der Waals surface area contributed by atoms with E-state index in [4.69, 9.17) is 9.84 Å². The Morgan fingerprint density at radius 3 is 1.43 bits per heavy atom. The van der Waals surface area contributed by atoms with Crippen molar-refractivity contribution < 1.29 is 9.84 Å². The molecule has 0 bridgehead atoms. The Morgan fingerprint density at radius 2 is 1.04 bits per heavy atom. The van der Waals surface area contributed by atoms with E-state index < -0.39 is 0 Å². The Balaban J connectivity index is 3.02. The monoisotopic (exact) mass is 328 g/mol. The van der Waals surface area contributed by atoms with Gasteiger partial charge in [-0.15, -0.1) is 0 Å². The largest absolute Gasteiger partial charge is 0.394 e. The summed E-state index contributed by atoms with van der Waals surface area (Å²) in [6.45, 7) is 5.02. The molecule has 0 fully saturated rings. The minimum absolute atomic E-state index is 0.142. The third-order valence-electron chi connectivity index (χ3n) is 4.71. The molecule has 0 aromatic rings. The predicted octanol–water partition coefficient (Wildman–Crippen LogP) is 6.65. The smallest absolute Gasteiger partial charge is 0.0701 e. The normalized spacial score (nSPS) is 12.7. The van der Waals surface area contributed by atoms with E-state index in [0.29, 0.717) is 12.7 Å². The molecule has 1 atom stereocenters. The number of hydrogen-bond donors (Lipinski definition) is 1. The maximum atomic E-state index is 8.69. The van der Waals surface area contributed by atoms with Gasteiger partial charge in [0.25, 0.3) is 0 Å². The quantitative estimate of drug-likeness (QED) is 0.269. The SMILES string of the molecule is CCCCCCCCCCCCCCCCCC(C)OCCO. The van der Waals surface area contributed by atoms with Crippen molar-refractivity contribution in [3.8, 4) is 0 Å². The van der Waals surface area contributed by atoms with Crippen molar-refractivity contribution in [2.75, 3.05) is 13.2 Å². The maximum absolute atomic E-state index is 8.69. The second-order valence-electron chi connectivity index (χ2n) is 7.14. The van der Waals surface area contributed by atoms with Crippen molar-refractivity contribution in [1.82, 2.24) is 0 Å². The molecule has 0 aliphatic heterocycles. The van der Waals surface area contributed by atoms with Gasteiger partial charge in [-0.1, -0.05) is 103 Å². The fourth-order valence-electron chi connectivity index (χ4n) is 3.14. The van der Waals surface area contributed by atoms with Gasteiger partial charge in [-0.25, -0.2) is 0 Å². The lowest BCUT2D eigenvalue weighted by molar-refractivity contribution is 0.0333. The molecule has 2 heteroatoms. The third kappa shape index (κ3) is 19.9. The van der Waals surface area contributed by atoms with Crippen LogP contribution >= 0.6 is 0 Å². The Bertz CT molecular complexity index is 206. The van der Waals surface area contributed by atoms with Crippen LogP contribution < -0.4 is 0 Å². The molecule has 0 aliphatic carbocycles. The van der Waals surface area contributed by atoms with E-state index in [0.717, 1.165) is 6.42 Å². The van der Waals surface area contributed by atoms with Crippen LogP contribution in [0, 0.1) is 0 Å². The van der Waals surface area contributed by atoms with Crippen molar-refractivity contribution in [3.63, 3.8) is 0 Å². The van der Waals surface area contributed by atoms with E-state index >= 15 is 0 Å². The lowest BCUT2D eigenvalue weighted by Gasteiger charge is -2.11. The fourth-order valence-corrected chi connectivity index (χ4v) is 3.14. The van der Waals surface area contributed by atoms with E-state index in [-0.39, 0.29) is 6.61 Å². The van der Waals surface area contributed by atoms with Gasteiger partial charge in [-0.05, 0) is 13.3 Å². The molecule has 140 valence electrons. The highest BCUT2D eigenvalue weighted by Crippen LogP contribution is 2.14. The van der Waals surface area contributed by atoms with Gasteiger partial charge in [0, 0.05) is 0 Å². The molecule has 0 saturated heterocycles. The molecule has 0 saturated carbocycles. The molecule has 0 aliphatic rings. The lowest BCUT2D eigenvalue weighted by atomic mass is 10.0. The van der Waals surface area contributed by atoms with Crippen molar-refractivity contribution in [3.05, 3.63) is 0 Å². The molecule has 1 N–H and O–H groups in total. The number of rotatable bonds is 19. The maximum Gasteiger partial charge on any atom is 0.0701 e. The topological polar surface area (TPSA) is 29.5 Å². The molecule has 23 heavy (non-hydrogen) atoms. The van der Waals surface area contributed by atoms with Gasteiger partial charge in [0.15, 0.2) is 0 Å². The standard InChI is InChI=1S/C21H44O2/c1-3-4-5-6-7-8-9-10-11-12-13-14-15-16-17-18-21(2)23-20-19-22/h21-22H,3-20H2,1-2H3. The fraction of sp³-hybridized carbons (Fsp3) is 1.00. The first-order chi connectivity index (χ1) is 11.3. The van der Waals surface area contributed by atoms with Crippen LogP contribution in [0.15, 0.2) is 0 Å². The molecule has 0 spiro atoms. The lowest BCUT2D eigenvalue weighted by Crippen LogP contribution is -2.11. The Kier molecular flexibility index (Phi) is 19.9. The molecular weight excluding hydrogens is 284 g/mol. The number of ether oxygens (including phenoxy) is 1. The van der Waals surface area contributed by atoms with Crippen LogP contribution in [0.1, 0.15) is 117 Å². The van der Waals surface area contributed by atoms with Crippen LogP contribution in [0.4, 0.5) is 0 Å². The van der Waals surface area contributed by atoms with Crippen molar-refractivity contribution in [1.29, 1.82) is 0 Å². The summed E-state index contributed by atoms with van der Waals surface area (Å²) in [6.07, 6.45) is 22.7. The molecule has 0 amide bonds. The average Bonchev–Trinajstić information content (AvgIpc) is 2.56. The minimum Gasteiger partial charge on any atom is -0.394 e. The van der Waals surface area contributed by atoms with Crippen molar-refractivity contribution >= 4 is 0 Å². The zero-order valence-electron chi connectivity index (χ0n) is 16.2. The van der Waals surface area contributed by atoms with Gasteiger partial charge in [-0.2, -0.15) is 0 Å². The second kappa shape index (κ2) is 20.0. The first-order valence-electron chi connectivity index (χ1n) is 10.5. The molecule has 1 unspecified atom stereocenters. The molecular formula is C21H44O2. The highest BCUT2D eigenvalue weighted by atomic mass is 16.5. The van der Waals surface area contributed by atoms with Crippen LogP contribution in [0.2, 0.25) is 0 Å². The summed E-state index contributed by atoms with van der Waals surface area (Å²) in [5.41, 5.74) is 0. The third-order valence-corrected chi connectivity index (χ3v) is 4.71. The van der Waals surface area contributed by atoms with Crippen LogP contribution in [0.5, 0.6) is 0 Å². The van der Waals surface area contributed by atoms with Crippen molar-refractivity contribution in [2.45, 2.75) is 123 Å². The highest BCUT2D eigenvalue weighted by Gasteiger charge is 2.01. The summed E-state index contributed by atoms with van der Waals surface area (Å²) in [5, 5.41) is 8.69. The zero-order valence-corrected chi connectivity index (χ0v) is 16.2. The van der Waals surface area contributed by atoms with Crippen molar-refractivity contribution in [2.24, 2.45) is 0 Å². The molecule has 0 aromatic heterocycles. The van der Waals surface area contributed by atoms with Gasteiger partial charge < -0.3 is 9.84 Å². The van der Waals surface area contributed by atoms with Gasteiger partial charge in [0.2, 0.25) is 0 Å². The zero-order chi connectivity index (χ0) is 17.0. The summed E-state index contributed by atoms with van der Waals surface area (Å²) in [5.74, 6) is 0. The Labute approximate surface area is 146 Å². The van der Waals surface area contributed by atoms with E-state index in [1.54, 1.807) is 0 Å². The Hall–Kier alpha value is -0.0800. The summed E-state index contributed by atoms with van der Waals surface area (Å²) >= 11 is 0. The van der Waals surface area contributed by atoms with Gasteiger partial charge in [-0.3, -0.25) is 0 Å². The summed E-state index contributed by atoms with van der Waals surface area (Å²) in [4.78, 5) is 0. The first-order valence-corrected chi connectivity index (χ1v) is 10.5. The van der Waals surface area contributed by atoms with E-state index in [1.807, 2.05) is 0 Å².